The van der Waals surface area contributed by atoms with Gasteiger partial charge in [0.25, 0.3) is 0 Å². The third kappa shape index (κ3) is 6.54. The summed E-state index contributed by atoms with van der Waals surface area (Å²) in [5.74, 6) is 0.225. The van der Waals surface area contributed by atoms with Crippen molar-refractivity contribution in [3.8, 4) is 0 Å². The van der Waals surface area contributed by atoms with E-state index in [2.05, 4.69) is 25.4 Å². The molecule has 0 aliphatic carbocycles. The standard InChI is InChI=1S/C28H31F2N5OS/c29-23-7-3-20(4-8-23)26(21-5-9-24(30)10-6-21)35-16-14-34(15-17-35)13-12-32-27(36)25-19-37-28(33-25)22-2-1-11-31-18-22/h1-11,18,25-26,28,33H,12-17,19H2,(H,32,36). The van der Waals surface area contributed by atoms with Crippen LogP contribution in [0.25, 0.3) is 0 Å². The normalized spacial score (nSPS) is 20.8. The molecular weight excluding hydrogens is 492 g/mol. The summed E-state index contributed by atoms with van der Waals surface area (Å²) in [6.07, 6.45) is 3.58. The van der Waals surface area contributed by atoms with Gasteiger partial charge in [0.2, 0.25) is 5.91 Å². The lowest BCUT2D eigenvalue weighted by Crippen LogP contribution is -2.50. The molecule has 0 spiro atoms. The second-order valence-electron chi connectivity index (χ2n) is 9.39. The lowest BCUT2D eigenvalue weighted by molar-refractivity contribution is -0.122. The molecule has 194 valence electrons. The number of halogens is 2. The molecule has 5 rings (SSSR count). The van der Waals surface area contributed by atoms with Gasteiger partial charge in [-0.2, -0.15) is 0 Å². The van der Waals surface area contributed by atoms with Crippen molar-refractivity contribution in [2.45, 2.75) is 17.5 Å². The summed E-state index contributed by atoms with van der Waals surface area (Å²) in [4.78, 5) is 21.5. The first-order chi connectivity index (χ1) is 18.1. The number of rotatable bonds is 8. The fourth-order valence-corrected chi connectivity index (χ4v) is 6.18. The van der Waals surface area contributed by atoms with Crippen LogP contribution in [0.5, 0.6) is 0 Å². The topological polar surface area (TPSA) is 60.5 Å². The minimum atomic E-state index is -0.271. The lowest BCUT2D eigenvalue weighted by Gasteiger charge is -2.39. The number of carbonyl (C=O) groups excluding carboxylic acids is 1. The van der Waals surface area contributed by atoms with E-state index in [9.17, 15) is 13.6 Å². The van der Waals surface area contributed by atoms with E-state index in [-0.39, 0.29) is 35.0 Å². The molecule has 0 radical (unpaired) electrons. The summed E-state index contributed by atoms with van der Waals surface area (Å²) in [7, 11) is 0. The Morgan fingerprint density at radius 3 is 2.24 bits per heavy atom. The van der Waals surface area contributed by atoms with Crippen LogP contribution in [0.1, 0.15) is 28.1 Å². The van der Waals surface area contributed by atoms with Gasteiger partial charge in [0.1, 0.15) is 11.6 Å². The third-order valence-electron chi connectivity index (χ3n) is 6.96. The zero-order chi connectivity index (χ0) is 25.6. The number of piperazine rings is 1. The summed E-state index contributed by atoms with van der Waals surface area (Å²) in [6.45, 7) is 4.73. The maximum Gasteiger partial charge on any atom is 0.238 e. The molecule has 37 heavy (non-hydrogen) atoms. The number of nitrogens with one attached hydrogen (secondary N) is 2. The van der Waals surface area contributed by atoms with Crippen LogP contribution in [-0.4, -0.2) is 71.8 Å². The van der Waals surface area contributed by atoms with Crippen molar-refractivity contribution >= 4 is 17.7 Å². The monoisotopic (exact) mass is 523 g/mol. The minimum Gasteiger partial charge on any atom is -0.353 e. The third-order valence-corrected chi connectivity index (χ3v) is 8.22. The van der Waals surface area contributed by atoms with Gasteiger partial charge in [-0.25, -0.2) is 8.78 Å². The average molecular weight is 524 g/mol. The fraction of sp³-hybridized carbons (Fsp3) is 0.357. The molecule has 1 amide bonds. The molecule has 3 aromatic rings. The smallest absolute Gasteiger partial charge is 0.238 e. The van der Waals surface area contributed by atoms with Gasteiger partial charge in [-0.3, -0.25) is 24.9 Å². The minimum absolute atomic E-state index is 0.0326. The van der Waals surface area contributed by atoms with Crippen LogP contribution < -0.4 is 10.6 Å². The van der Waals surface area contributed by atoms with E-state index in [1.54, 1.807) is 42.2 Å². The summed E-state index contributed by atoms with van der Waals surface area (Å²) >= 11 is 1.72. The van der Waals surface area contributed by atoms with E-state index in [1.165, 1.54) is 24.3 Å². The van der Waals surface area contributed by atoms with Gasteiger partial charge in [0, 0.05) is 57.4 Å². The Kier molecular flexibility index (Phi) is 8.45. The quantitative estimate of drug-likeness (QED) is 0.471. The number of benzene rings is 2. The van der Waals surface area contributed by atoms with Crippen LogP contribution in [0.2, 0.25) is 0 Å². The Morgan fingerprint density at radius 2 is 1.65 bits per heavy atom. The molecule has 3 heterocycles. The number of nitrogens with zero attached hydrogens (tertiary/aromatic N) is 3. The number of carbonyl (C=O) groups is 1. The molecule has 2 unspecified atom stereocenters. The summed E-state index contributed by atoms with van der Waals surface area (Å²) in [5.41, 5.74) is 3.06. The van der Waals surface area contributed by atoms with Crippen molar-refractivity contribution in [1.29, 1.82) is 0 Å². The molecule has 1 aromatic heterocycles. The number of thioether (sulfide) groups is 1. The highest BCUT2D eigenvalue weighted by molar-refractivity contribution is 7.99. The molecular formula is C28H31F2N5OS. The highest BCUT2D eigenvalue weighted by Crippen LogP contribution is 2.32. The predicted octanol–water partition coefficient (Wildman–Crippen LogP) is 3.59. The Bertz CT molecular complexity index is 1110. The SMILES string of the molecule is O=C(NCCN1CCN(C(c2ccc(F)cc2)c2ccc(F)cc2)CC1)C1CSC(c2cccnc2)N1. The van der Waals surface area contributed by atoms with E-state index in [4.69, 9.17) is 0 Å². The Balaban J connectivity index is 1.11. The van der Waals surface area contributed by atoms with Gasteiger partial charge < -0.3 is 5.32 Å². The summed E-state index contributed by atoms with van der Waals surface area (Å²) in [5, 5.41) is 6.57. The maximum absolute atomic E-state index is 13.6. The fourth-order valence-electron chi connectivity index (χ4n) is 4.96. The average Bonchev–Trinajstić information content (AvgIpc) is 3.43. The molecule has 2 saturated heterocycles. The molecule has 2 atom stereocenters. The molecule has 2 N–H and O–H groups in total. The van der Waals surface area contributed by atoms with Crippen molar-refractivity contribution in [3.63, 3.8) is 0 Å². The van der Waals surface area contributed by atoms with E-state index < -0.39 is 0 Å². The van der Waals surface area contributed by atoms with Crippen LogP contribution in [0, 0.1) is 11.6 Å². The van der Waals surface area contributed by atoms with Crippen LogP contribution in [-0.2, 0) is 4.79 Å². The molecule has 2 fully saturated rings. The van der Waals surface area contributed by atoms with Gasteiger partial charge in [-0.05, 0) is 47.0 Å². The second-order valence-corrected chi connectivity index (χ2v) is 10.5. The highest BCUT2D eigenvalue weighted by atomic mass is 32.2. The predicted molar refractivity (Wildman–Crippen MR) is 142 cm³/mol. The largest absolute Gasteiger partial charge is 0.353 e. The van der Waals surface area contributed by atoms with Crippen molar-refractivity contribution in [3.05, 3.63) is 101 Å². The summed E-state index contributed by atoms with van der Waals surface area (Å²) in [6, 6.07) is 16.8. The Morgan fingerprint density at radius 1 is 1.00 bits per heavy atom. The number of hydrogen-bond acceptors (Lipinski definition) is 6. The zero-order valence-corrected chi connectivity index (χ0v) is 21.3. The van der Waals surface area contributed by atoms with Crippen molar-refractivity contribution in [1.82, 2.24) is 25.4 Å². The van der Waals surface area contributed by atoms with Crippen LogP contribution in [0.3, 0.4) is 0 Å². The first-order valence-electron chi connectivity index (χ1n) is 12.6. The van der Waals surface area contributed by atoms with E-state index >= 15 is 0 Å². The first-order valence-corrected chi connectivity index (χ1v) is 13.6. The number of aromatic nitrogens is 1. The molecule has 0 bridgehead atoms. The lowest BCUT2D eigenvalue weighted by atomic mass is 9.96. The molecule has 2 aliphatic rings. The van der Waals surface area contributed by atoms with Gasteiger partial charge >= 0.3 is 0 Å². The second kappa shape index (κ2) is 12.1. The first kappa shape index (κ1) is 25.8. The van der Waals surface area contributed by atoms with Crippen molar-refractivity contribution < 1.29 is 13.6 Å². The van der Waals surface area contributed by atoms with Gasteiger partial charge in [0.05, 0.1) is 17.5 Å². The van der Waals surface area contributed by atoms with Crippen LogP contribution in [0.4, 0.5) is 8.78 Å². The number of amides is 1. The van der Waals surface area contributed by atoms with E-state index in [1.807, 2.05) is 18.3 Å². The van der Waals surface area contributed by atoms with E-state index in [0.717, 1.165) is 55.2 Å². The molecule has 2 aromatic carbocycles. The molecule has 2 aliphatic heterocycles. The van der Waals surface area contributed by atoms with Gasteiger partial charge in [0.15, 0.2) is 0 Å². The van der Waals surface area contributed by atoms with Crippen molar-refractivity contribution in [2.24, 2.45) is 0 Å². The summed E-state index contributed by atoms with van der Waals surface area (Å²) < 4.78 is 27.1. The highest BCUT2D eigenvalue weighted by Gasteiger charge is 2.31. The maximum atomic E-state index is 13.6. The molecule has 6 nitrogen and oxygen atoms in total. The van der Waals surface area contributed by atoms with Crippen LogP contribution >= 0.6 is 11.8 Å². The van der Waals surface area contributed by atoms with E-state index in [0.29, 0.717) is 6.54 Å². The Hall–Kier alpha value is -2.85. The van der Waals surface area contributed by atoms with Gasteiger partial charge in [-0.15, -0.1) is 11.8 Å². The van der Waals surface area contributed by atoms with Crippen molar-refractivity contribution in [2.75, 3.05) is 45.0 Å². The molecule has 0 saturated carbocycles. The Labute approximate surface area is 220 Å². The number of pyridine rings is 1. The number of hydrogen-bond donors (Lipinski definition) is 2. The zero-order valence-electron chi connectivity index (χ0n) is 20.5. The molecule has 9 heteroatoms. The van der Waals surface area contributed by atoms with Gasteiger partial charge in [-0.1, -0.05) is 30.3 Å². The van der Waals surface area contributed by atoms with Crippen LogP contribution in [0.15, 0.2) is 73.1 Å².